The van der Waals surface area contributed by atoms with Gasteiger partial charge in [-0.2, -0.15) is 0 Å². The normalized spacial score (nSPS) is 8.40. The zero-order valence-electron chi connectivity index (χ0n) is 9.09. The number of hydrogen-bond acceptors (Lipinski definition) is 2. The first-order valence-corrected chi connectivity index (χ1v) is 5.95. The average Bonchev–Trinajstić information content (AvgIpc) is 2.24. The van der Waals surface area contributed by atoms with Crippen molar-refractivity contribution < 1.29 is 9.59 Å². The molecule has 0 bridgehead atoms. The van der Waals surface area contributed by atoms with Gasteiger partial charge in [-0.3, -0.25) is 9.59 Å². The molecule has 0 aromatic rings. The highest BCUT2D eigenvalue weighted by molar-refractivity contribution is 9.09. The summed E-state index contributed by atoms with van der Waals surface area (Å²) in [7, 11) is 0. The van der Waals surface area contributed by atoms with Crippen LogP contribution in [0.15, 0.2) is 12.7 Å². The van der Waals surface area contributed by atoms with Crippen LogP contribution in [0.25, 0.3) is 0 Å². The lowest BCUT2D eigenvalue weighted by atomic mass is 10.2. The minimum Gasteiger partial charge on any atom is -0.369 e. The molecule has 0 aromatic carbocycles. The molecule has 3 N–H and O–H groups in total. The number of primary amides is 1. The first-order chi connectivity index (χ1) is 7.08. The van der Waals surface area contributed by atoms with Gasteiger partial charge in [-0.25, -0.2) is 0 Å². The minimum absolute atomic E-state index is 0.0731. The van der Waals surface area contributed by atoms with E-state index in [1.54, 1.807) is 0 Å². The van der Waals surface area contributed by atoms with E-state index in [9.17, 15) is 9.59 Å². The van der Waals surface area contributed by atoms with Crippen LogP contribution in [0, 0.1) is 0 Å². The van der Waals surface area contributed by atoms with Crippen LogP contribution in [0.5, 0.6) is 0 Å². The van der Waals surface area contributed by atoms with Crippen LogP contribution in [-0.4, -0.2) is 23.7 Å². The molecule has 0 aliphatic rings. The standard InChI is InChI=1S/C8H15NO.C2H4BrNO/c1-3-5-6-7-9-8(10)4-2;3-1-2(4)5/h4H,2-3,5-7H2,1H3,(H,9,10);1H2,(H2,4,5). The molecule has 0 aliphatic carbocycles. The Kier molecular flexibility index (Phi) is 14.6. The molecule has 0 spiro atoms. The van der Waals surface area contributed by atoms with Gasteiger partial charge >= 0.3 is 0 Å². The zero-order valence-corrected chi connectivity index (χ0v) is 10.7. The number of nitrogens with two attached hydrogens (primary N) is 1. The lowest BCUT2D eigenvalue weighted by molar-refractivity contribution is -0.116. The maximum atomic E-state index is 10.5. The fourth-order valence-corrected chi connectivity index (χ4v) is 0.659. The number of unbranched alkanes of at least 4 members (excludes halogenated alkanes) is 2. The van der Waals surface area contributed by atoms with Crippen molar-refractivity contribution in [3.8, 4) is 0 Å². The molecule has 0 atom stereocenters. The van der Waals surface area contributed by atoms with E-state index in [0.717, 1.165) is 13.0 Å². The second-order valence-electron chi connectivity index (χ2n) is 2.80. The van der Waals surface area contributed by atoms with Crippen molar-refractivity contribution in [1.82, 2.24) is 5.32 Å². The number of amides is 2. The molecule has 0 heterocycles. The van der Waals surface area contributed by atoms with Gasteiger partial charge in [-0.05, 0) is 12.5 Å². The summed E-state index contributed by atoms with van der Waals surface area (Å²) in [4.78, 5) is 20.1. The maximum Gasteiger partial charge on any atom is 0.243 e. The van der Waals surface area contributed by atoms with Crippen molar-refractivity contribution in [3.63, 3.8) is 0 Å². The number of carbonyl (C=O) groups is 2. The van der Waals surface area contributed by atoms with E-state index in [2.05, 4.69) is 40.5 Å². The monoisotopic (exact) mass is 278 g/mol. The highest BCUT2D eigenvalue weighted by Crippen LogP contribution is 1.90. The van der Waals surface area contributed by atoms with Crippen LogP contribution in [0.2, 0.25) is 0 Å². The molecular formula is C10H19BrN2O2. The highest BCUT2D eigenvalue weighted by atomic mass is 79.9. The van der Waals surface area contributed by atoms with Crippen molar-refractivity contribution in [3.05, 3.63) is 12.7 Å². The molecule has 0 aromatic heterocycles. The molecule has 0 radical (unpaired) electrons. The molecule has 0 saturated heterocycles. The van der Waals surface area contributed by atoms with Crippen LogP contribution < -0.4 is 11.1 Å². The number of halogens is 1. The van der Waals surface area contributed by atoms with Crippen LogP contribution >= 0.6 is 15.9 Å². The molecule has 0 saturated carbocycles. The number of nitrogens with one attached hydrogen (secondary N) is 1. The topological polar surface area (TPSA) is 72.2 Å². The van der Waals surface area contributed by atoms with E-state index in [4.69, 9.17) is 0 Å². The maximum absolute atomic E-state index is 10.5. The average molecular weight is 279 g/mol. The summed E-state index contributed by atoms with van der Waals surface area (Å²) < 4.78 is 0. The summed E-state index contributed by atoms with van der Waals surface area (Å²) in [6, 6.07) is 0. The number of carbonyl (C=O) groups excluding carboxylic acids is 2. The van der Waals surface area contributed by atoms with Crippen molar-refractivity contribution in [1.29, 1.82) is 0 Å². The van der Waals surface area contributed by atoms with Gasteiger partial charge in [0.1, 0.15) is 0 Å². The van der Waals surface area contributed by atoms with Crippen LogP contribution in [0.4, 0.5) is 0 Å². The molecular weight excluding hydrogens is 260 g/mol. The molecule has 0 aliphatic heterocycles. The first kappa shape index (κ1) is 16.6. The third kappa shape index (κ3) is 19.5. The van der Waals surface area contributed by atoms with Crippen molar-refractivity contribution in [2.45, 2.75) is 26.2 Å². The predicted octanol–water partition coefficient (Wildman–Crippen LogP) is 1.35. The predicted molar refractivity (Wildman–Crippen MR) is 65.7 cm³/mol. The molecule has 4 nitrogen and oxygen atoms in total. The Morgan fingerprint density at radius 1 is 1.47 bits per heavy atom. The molecule has 0 rings (SSSR count). The molecule has 88 valence electrons. The Labute approximate surface area is 99.4 Å². The second kappa shape index (κ2) is 13.2. The van der Waals surface area contributed by atoms with Gasteiger partial charge in [0, 0.05) is 6.54 Å². The van der Waals surface area contributed by atoms with Gasteiger partial charge < -0.3 is 11.1 Å². The van der Waals surface area contributed by atoms with Crippen molar-refractivity contribution >= 4 is 27.7 Å². The Bertz CT molecular complexity index is 196. The van der Waals surface area contributed by atoms with Crippen LogP contribution in [0.1, 0.15) is 26.2 Å². The van der Waals surface area contributed by atoms with Gasteiger partial charge in [-0.15, -0.1) is 0 Å². The third-order valence-electron chi connectivity index (χ3n) is 1.40. The van der Waals surface area contributed by atoms with Gasteiger partial charge in [0.25, 0.3) is 0 Å². The van der Waals surface area contributed by atoms with Crippen LogP contribution in [0.3, 0.4) is 0 Å². The Morgan fingerprint density at radius 3 is 2.33 bits per heavy atom. The Morgan fingerprint density at radius 2 is 2.00 bits per heavy atom. The summed E-state index contributed by atoms with van der Waals surface area (Å²) in [5.41, 5.74) is 4.61. The SMILES string of the molecule is C=CC(=O)NCCCCC.NC(=O)CBr. The number of hydrogen-bond donors (Lipinski definition) is 2. The number of rotatable bonds is 6. The fraction of sp³-hybridized carbons (Fsp3) is 0.600. The summed E-state index contributed by atoms with van der Waals surface area (Å²) in [6.07, 6.45) is 4.73. The Hall–Kier alpha value is -0.840. The van der Waals surface area contributed by atoms with Crippen molar-refractivity contribution in [2.75, 3.05) is 11.9 Å². The minimum atomic E-state index is -0.329. The molecule has 0 unspecified atom stereocenters. The van der Waals surface area contributed by atoms with E-state index in [-0.39, 0.29) is 17.1 Å². The first-order valence-electron chi connectivity index (χ1n) is 4.83. The molecule has 15 heavy (non-hydrogen) atoms. The van der Waals surface area contributed by atoms with E-state index in [1.807, 2.05) is 0 Å². The highest BCUT2D eigenvalue weighted by Gasteiger charge is 1.90. The molecule has 5 heteroatoms. The smallest absolute Gasteiger partial charge is 0.243 e. The van der Waals surface area contributed by atoms with E-state index in [1.165, 1.54) is 18.9 Å². The van der Waals surface area contributed by atoms with Crippen molar-refractivity contribution in [2.24, 2.45) is 5.73 Å². The Balaban J connectivity index is 0. The fourth-order valence-electron chi connectivity index (χ4n) is 0.659. The molecule has 0 fully saturated rings. The van der Waals surface area contributed by atoms with Gasteiger partial charge in [0.2, 0.25) is 11.8 Å². The second-order valence-corrected chi connectivity index (χ2v) is 3.36. The zero-order chi connectivity index (χ0) is 12.1. The van der Waals surface area contributed by atoms with E-state index >= 15 is 0 Å². The quantitative estimate of drug-likeness (QED) is 0.437. The van der Waals surface area contributed by atoms with Gasteiger partial charge in [0.05, 0.1) is 5.33 Å². The van der Waals surface area contributed by atoms with Crippen LogP contribution in [-0.2, 0) is 9.59 Å². The van der Waals surface area contributed by atoms with E-state index < -0.39 is 0 Å². The lowest BCUT2D eigenvalue weighted by Gasteiger charge is -1.98. The largest absolute Gasteiger partial charge is 0.369 e. The lowest BCUT2D eigenvalue weighted by Crippen LogP contribution is -2.21. The third-order valence-corrected chi connectivity index (χ3v) is 1.95. The van der Waals surface area contributed by atoms with E-state index in [0.29, 0.717) is 0 Å². The summed E-state index contributed by atoms with van der Waals surface area (Å²) >= 11 is 2.84. The number of alkyl halides is 1. The summed E-state index contributed by atoms with van der Waals surface area (Å²) in [5, 5.41) is 2.97. The van der Waals surface area contributed by atoms with Gasteiger partial charge in [0.15, 0.2) is 0 Å². The summed E-state index contributed by atoms with van der Waals surface area (Å²) in [5.74, 6) is -0.402. The molecule has 2 amide bonds. The van der Waals surface area contributed by atoms with Gasteiger partial charge in [-0.1, -0.05) is 42.3 Å². The summed E-state index contributed by atoms with van der Waals surface area (Å²) in [6.45, 7) is 6.26.